The van der Waals surface area contributed by atoms with Crippen LogP contribution in [-0.4, -0.2) is 24.2 Å². The lowest BCUT2D eigenvalue weighted by molar-refractivity contribution is 0.0600. The van der Waals surface area contributed by atoms with Gasteiger partial charge < -0.3 is 20.5 Å². The van der Waals surface area contributed by atoms with Gasteiger partial charge >= 0.3 is 12.0 Å². The van der Waals surface area contributed by atoms with Gasteiger partial charge in [-0.25, -0.2) is 9.59 Å². The van der Waals surface area contributed by atoms with Crippen LogP contribution >= 0.6 is 11.6 Å². The van der Waals surface area contributed by atoms with Crippen molar-refractivity contribution in [2.75, 3.05) is 17.7 Å². The molecule has 0 atom stereocenters. The van der Waals surface area contributed by atoms with E-state index in [2.05, 4.69) is 15.4 Å². The van der Waals surface area contributed by atoms with E-state index in [1.165, 1.54) is 25.3 Å². The number of halogens is 1. The zero-order valence-corrected chi connectivity index (χ0v) is 12.3. The highest BCUT2D eigenvalue weighted by Crippen LogP contribution is 2.25. The SMILES string of the molecule is COC(=O)c1ccc(NC(=O)Nc2cccc(Cl)c2)c(O)c1. The number of benzene rings is 2. The van der Waals surface area contributed by atoms with Crippen LogP contribution in [0.1, 0.15) is 10.4 Å². The summed E-state index contributed by atoms with van der Waals surface area (Å²) in [5.74, 6) is -0.825. The van der Waals surface area contributed by atoms with Crippen molar-refractivity contribution in [2.24, 2.45) is 0 Å². The van der Waals surface area contributed by atoms with Crippen molar-refractivity contribution in [3.8, 4) is 5.75 Å². The molecule has 0 aliphatic rings. The Labute approximate surface area is 131 Å². The van der Waals surface area contributed by atoms with Gasteiger partial charge in [0, 0.05) is 10.7 Å². The van der Waals surface area contributed by atoms with Crippen molar-refractivity contribution in [3.63, 3.8) is 0 Å². The summed E-state index contributed by atoms with van der Waals surface area (Å²) in [5.41, 5.74) is 0.851. The minimum atomic E-state index is -0.578. The predicted octanol–water partition coefficient (Wildman–Crippen LogP) is 3.48. The highest BCUT2D eigenvalue weighted by Gasteiger charge is 2.11. The molecule has 0 saturated carbocycles. The number of amides is 2. The highest BCUT2D eigenvalue weighted by atomic mass is 35.5. The lowest BCUT2D eigenvalue weighted by Crippen LogP contribution is -2.19. The Kier molecular flexibility index (Phi) is 4.85. The van der Waals surface area contributed by atoms with Crippen LogP contribution in [0.15, 0.2) is 42.5 Å². The maximum Gasteiger partial charge on any atom is 0.337 e. The van der Waals surface area contributed by atoms with E-state index in [1.54, 1.807) is 24.3 Å². The van der Waals surface area contributed by atoms with Crippen LogP contribution in [0.4, 0.5) is 16.2 Å². The third kappa shape index (κ3) is 3.89. The topological polar surface area (TPSA) is 87.7 Å². The summed E-state index contributed by atoms with van der Waals surface area (Å²) in [6.07, 6.45) is 0. The van der Waals surface area contributed by atoms with Gasteiger partial charge in [0.05, 0.1) is 18.4 Å². The molecule has 2 aromatic rings. The van der Waals surface area contributed by atoms with E-state index in [0.29, 0.717) is 10.7 Å². The van der Waals surface area contributed by atoms with E-state index in [1.807, 2.05) is 0 Å². The lowest BCUT2D eigenvalue weighted by Gasteiger charge is -2.10. The molecule has 0 fully saturated rings. The van der Waals surface area contributed by atoms with Gasteiger partial charge in [0.15, 0.2) is 0 Å². The standard InChI is InChI=1S/C15H13ClN2O4/c1-22-14(20)9-5-6-12(13(19)7-9)18-15(21)17-11-4-2-3-10(16)8-11/h2-8,19H,1H3,(H2,17,18,21). The Morgan fingerprint density at radius 2 is 1.91 bits per heavy atom. The molecule has 0 heterocycles. The van der Waals surface area contributed by atoms with Crippen molar-refractivity contribution in [1.29, 1.82) is 0 Å². The van der Waals surface area contributed by atoms with E-state index in [-0.39, 0.29) is 17.0 Å². The molecule has 0 unspecified atom stereocenters. The summed E-state index contributed by atoms with van der Waals surface area (Å²) in [6.45, 7) is 0. The quantitative estimate of drug-likeness (QED) is 0.597. The van der Waals surface area contributed by atoms with Gasteiger partial charge in [-0.2, -0.15) is 0 Å². The molecule has 2 amide bonds. The highest BCUT2D eigenvalue weighted by molar-refractivity contribution is 6.30. The van der Waals surface area contributed by atoms with Crippen molar-refractivity contribution in [1.82, 2.24) is 0 Å². The third-order valence-corrected chi connectivity index (χ3v) is 2.98. The number of hydrogen-bond acceptors (Lipinski definition) is 4. The number of phenolic OH excluding ortho intramolecular Hbond substituents is 1. The molecule has 3 N–H and O–H groups in total. The number of phenols is 1. The van der Waals surface area contributed by atoms with Gasteiger partial charge in [0.2, 0.25) is 0 Å². The van der Waals surface area contributed by atoms with E-state index >= 15 is 0 Å². The van der Waals surface area contributed by atoms with Crippen LogP contribution in [0.25, 0.3) is 0 Å². The summed E-state index contributed by atoms with van der Waals surface area (Å²) in [7, 11) is 1.24. The summed E-state index contributed by atoms with van der Waals surface area (Å²) in [6, 6.07) is 10.1. The number of nitrogens with one attached hydrogen (secondary N) is 2. The van der Waals surface area contributed by atoms with Gasteiger partial charge in [-0.1, -0.05) is 17.7 Å². The fraction of sp³-hybridized carbons (Fsp3) is 0.0667. The second-order valence-corrected chi connectivity index (χ2v) is 4.75. The number of urea groups is 1. The molecule has 6 nitrogen and oxygen atoms in total. The van der Waals surface area contributed by atoms with Gasteiger partial charge in [0.1, 0.15) is 5.75 Å². The fourth-order valence-electron chi connectivity index (χ4n) is 1.73. The first-order chi connectivity index (χ1) is 10.5. The number of ether oxygens (including phenoxy) is 1. The zero-order chi connectivity index (χ0) is 16.1. The molecule has 0 aromatic heterocycles. The van der Waals surface area contributed by atoms with Crippen molar-refractivity contribution in [2.45, 2.75) is 0 Å². The number of methoxy groups -OCH3 is 1. The normalized spacial score (nSPS) is 9.91. The van der Waals surface area contributed by atoms with Crippen molar-refractivity contribution < 1.29 is 19.4 Å². The number of hydrogen-bond donors (Lipinski definition) is 3. The van der Waals surface area contributed by atoms with Gasteiger partial charge in [-0.05, 0) is 36.4 Å². The second-order valence-electron chi connectivity index (χ2n) is 4.31. The molecule has 0 aliphatic carbocycles. The number of esters is 1. The maximum atomic E-state index is 11.9. The zero-order valence-electron chi connectivity index (χ0n) is 11.6. The Hall–Kier alpha value is -2.73. The number of anilines is 2. The molecular formula is C15H13ClN2O4. The molecule has 0 spiro atoms. The Balaban J connectivity index is 2.07. The smallest absolute Gasteiger partial charge is 0.337 e. The van der Waals surface area contributed by atoms with Gasteiger partial charge in [-0.3, -0.25) is 0 Å². The number of carbonyl (C=O) groups is 2. The molecule has 2 rings (SSSR count). The lowest BCUT2D eigenvalue weighted by atomic mass is 10.2. The first kappa shape index (κ1) is 15.7. The Morgan fingerprint density at radius 1 is 1.14 bits per heavy atom. The molecule has 7 heteroatoms. The third-order valence-electron chi connectivity index (χ3n) is 2.75. The van der Waals surface area contributed by atoms with Crippen LogP contribution in [0, 0.1) is 0 Å². The molecular weight excluding hydrogens is 308 g/mol. The van der Waals surface area contributed by atoms with Crippen molar-refractivity contribution >= 4 is 35.0 Å². The van der Waals surface area contributed by atoms with E-state index in [9.17, 15) is 14.7 Å². The molecule has 22 heavy (non-hydrogen) atoms. The minimum absolute atomic E-state index is 0.159. The molecule has 0 aliphatic heterocycles. The molecule has 2 aromatic carbocycles. The summed E-state index contributed by atoms with van der Waals surface area (Å²) >= 11 is 5.82. The number of carbonyl (C=O) groups excluding carboxylic acids is 2. The van der Waals surface area contributed by atoms with E-state index in [4.69, 9.17) is 11.6 Å². The van der Waals surface area contributed by atoms with Crippen LogP contribution in [-0.2, 0) is 4.74 Å². The fourth-order valence-corrected chi connectivity index (χ4v) is 1.92. The molecule has 0 saturated heterocycles. The van der Waals surface area contributed by atoms with E-state index in [0.717, 1.165) is 0 Å². The van der Waals surface area contributed by atoms with Gasteiger partial charge in [-0.15, -0.1) is 0 Å². The van der Waals surface area contributed by atoms with Crippen LogP contribution in [0.3, 0.4) is 0 Å². The van der Waals surface area contributed by atoms with Crippen LogP contribution in [0.5, 0.6) is 5.75 Å². The van der Waals surface area contributed by atoms with Crippen LogP contribution < -0.4 is 10.6 Å². The second kappa shape index (κ2) is 6.82. The Bertz CT molecular complexity index is 718. The average molecular weight is 321 g/mol. The number of aromatic hydroxyl groups is 1. The first-order valence-electron chi connectivity index (χ1n) is 6.24. The largest absolute Gasteiger partial charge is 0.506 e. The number of rotatable bonds is 3. The molecule has 0 bridgehead atoms. The maximum absolute atomic E-state index is 11.9. The minimum Gasteiger partial charge on any atom is -0.506 e. The Morgan fingerprint density at radius 3 is 2.55 bits per heavy atom. The van der Waals surface area contributed by atoms with Crippen LogP contribution in [0.2, 0.25) is 5.02 Å². The predicted molar refractivity (Wildman–Crippen MR) is 83.5 cm³/mol. The summed E-state index contributed by atoms with van der Waals surface area (Å²) in [4.78, 5) is 23.2. The molecule has 114 valence electrons. The monoisotopic (exact) mass is 320 g/mol. The van der Waals surface area contributed by atoms with Crippen molar-refractivity contribution in [3.05, 3.63) is 53.1 Å². The first-order valence-corrected chi connectivity index (χ1v) is 6.62. The summed E-state index contributed by atoms with van der Waals surface area (Å²) < 4.78 is 4.54. The summed E-state index contributed by atoms with van der Waals surface area (Å²) in [5, 5.41) is 15.3. The van der Waals surface area contributed by atoms with Gasteiger partial charge in [0.25, 0.3) is 0 Å². The average Bonchev–Trinajstić information content (AvgIpc) is 2.48. The molecule has 0 radical (unpaired) electrons. The van der Waals surface area contributed by atoms with E-state index < -0.39 is 12.0 Å².